The summed E-state index contributed by atoms with van der Waals surface area (Å²) in [6.07, 6.45) is 1.53. The summed E-state index contributed by atoms with van der Waals surface area (Å²) >= 11 is 0. The van der Waals surface area contributed by atoms with E-state index in [-0.39, 0.29) is 51.9 Å². The Bertz CT molecular complexity index is 1440. The molecule has 6 radical (unpaired) electrons. The fraction of sp³-hybridized carbons (Fsp3) is 0.417. The van der Waals surface area contributed by atoms with Crippen molar-refractivity contribution in [3.8, 4) is 17.2 Å². The quantitative estimate of drug-likeness (QED) is 0.298. The van der Waals surface area contributed by atoms with Crippen molar-refractivity contribution < 1.29 is 28.0 Å². The van der Waals surface area contributed by atoms with Crippen LogP contribution < -0.4 is 20.7 Å². The second-order valence-corrected chi connectivity index (χ2v) is 9.71. The maximum absolute atomic E-state index is 14.9. The Morgan fingerprint density at radius 3 is 2.59 bits per heavy atom. The normalized spacial score (nSPS) is 15.8. The molecule has 0 unspecified atom stereocenters. The molecule has 2 fully saturated rings. The van der Waals surface area contributed by atoms with Crippen molar-refractivity contribution in [1.82, 2.24) is 30.6 Å². The van der Waals surface area contributed by atoms with Crippen LogP contribution >= 0.6 is 0 Å². The van der Waals surface area contributed by atoms with Crippen molar-refractivity contribution in [2.75, 3.05) is 44.0 Å². The fourth-order valence-corrected chi connectivity index (χ4v) is 4.14. The molecule has 0 bridgehead atoms. The second kappa shape index (κ2) is 11.9. The Labute approximate surface area is 238 Å². The molecule has 206 valence electrons. The molecule has 2 aromatic heterocycles. The monoisotopic (exact) mass is 556 g/mol. The van der Waals surface area contributed by atoms with E-state index >= 15 is 0 Å². The average molecular weight is 556 g/mol. The highest BCUT2D eigenvalue weighted by atomic mass is 19.1. The summed E-state index contributed by atoms with van der Waals surface area (Å²) < 4.78 is 31.3. The zero-order chi connectivity index (χ0) is 29.1. The highest BCUT2D eigenvalue weighted by molar-refractivity contribution is 6.60. The minimum Gasteiger partial charge on any atom is -0.494 e. The molecule has 0 spiro atoms. The molecule has 17 heteroatoms. The molecule has 5 rings (SSSR count). The number of carbonyl (C=O) groups excluding carboxylic acids is 2. The zero-order valence-corrected chi connectivity index (χ0v) is 22.1. The Balaban J connectivity index is 1.47. The van der Waals surface area contributed by atoms with Gasteiger partial charge in [0.25, 0.3) is 11.8 Å². The number of ether oxygens (including phenoxy) is 2. The number of anilines is 3. The number of nitrogens with zero attached hydrogens (tertiary/aromatic N) is 5. The van der Waals surface area contributed by atoms with Gasteiger partial charge >= 0.3 is 0 Å². The highest BCUT2D eigenvalue weighted by Crippen LogP contribution is 2.39. The van der Waals surface area contributed by atoms with Gasteiger partial charge in [0.15, 0.2) is 23.1 Å². The molecule has 1 saturated heterocycles. The zero-order valence-electron chi connectivity index (χ0n) is 22.1. The molecular formula is C24H24B3FN8O5. The van der Waals surface area contributed by atoms with Crippen LogP contribution in [0, 0.1) is 11.7 Å². The largest absolute Gasteiger partial charge is 0.494 e. The summed E-state index contributed by atoms with van der Waals surface area (Å²) in [5.41, 5.74) is -0.0350. The third kappa shape index (κ3) is 7.22. The molecule has 1 aliphatic heterocycles. The van der Waals surface area contributed by atoms with Crippen molar-refractivity contribution in [1.29, 1.82) is 0 Å². The van der Waals surface area contributed by atoms with Crippen LogP contribution in [0.1, 0.15) is 29.2 Å². The summed E-state index contributed by atoms with van der Waals surface area (Å²) in [7, 11) is 17.9. The number of halogens is 1. The van der Waals surface area contributed by atoms with Crippen molar-refractivity contribution in [2.24, 2.45) is 5.92 Å². The van der Waals surface area contributed by atoms with Gasteiger partial charge in [-0.3, -0.25) is 14.5 Å². The van der Waals surface area contributed by atoms with Crippen LogP contribution in [-0.4, -0.2) is 99.2 Å². The summed E-state index contributed by atoms with van der Waals surface area (Å²) in [6, 6.07) is 3.67. The SMILES string of the molecule is [B]C([B])([B])NC(=O)c1nnc(NC(=O)C2CC2)cc1Nc1cc(F)cc(-c2nc(CN3CCOCC3)no2)c1OC. The van der Waals surface area contributed by atoms with Gasteiger partial charge in [-0.1, -0.05) is 10.4 Å². The highest BCUT2D eigenvalue weighted by Gasteiger charge is 2.30. The van der Waals surface area contributed by atoms with Crippen LogP contribution in [0.3, 0.4) is 0 Å². The van der Waals surface area contributed by atoms with Crippen molar-refractivity contribution in [3.05, 3.63) is 35.5 Å². The van der Waals surface area contributed by atoms with Crippen LogP contribution in [0.15, 0.2) is 22.7 Å². The minimum absolute atomic E-state index is 0.0150. The lowest BCUT2D eigenvalue weighted by molar-refractivity contribution is -0.117. The van der Waals surface area contributed by atoms with Gasteiger partial charge in [0, 0.05) is 31.1 Å². The van der Waals surface area contributed by atoms with Gasteiger partial charge < -0.3 is 29.9 Å². The number of benzene rings is 1. The smallest absolute Gasteiger partial charge is 0.272 e. The minimum atomic E-state index is -2.06. The number of hydrogen-bond donors (Lipinski definition) is 3. The number of nitrogens with one attached hydrogen (secondary N) is 3. The van der Waals surface area contributed by atoms with Gasteiger partial charge in [0.05, 0.1) is 67.3 Å². The molecule has 41 heavy (non-hydrogen) atoms. The molecule has 0 atom stereocenters. The fourth-order valence-electron chi connectivity index (χ4n) is 4.14. The molecule has 2 aliphatic rings. The molecule has 3 aromatic rings. The van der Waals surface area contributed by atoms with Gasteiger partial charge in [-0.25, -0.2) is 4.39 Å². The predicted octanol–water partition coefficient (Wildman–Crippen LogP) is 0.445. The number of hydrogen-bond acceptors (Lipinski definition) is 11. The van der Waals surface area contributed by atoms with E-state index in [9.17, 15) is 14.0 Å². The van der Waals surface area contributed by atoms with Gasteiger partial charge in [0.1, 0.15) is 5.82 Å². The molecule has 13 nitrogen and oxygen atoms in total. The van der Waals surface area contributed by atoms with Gasteiger partial charge in [0.2, 0.25) is 5.91 Å². The summed E-state index contributed by atoms with van der Waals surface area (Å²) in [6.45, 7) is 3.09. The van der Waals surface area contributed by atoms with E-state index < -0.39 is 17.0 Å². The van der Waals surface area contributed by atoms with Gasteiger partial charge in [-0.15, -0.1) is 10.2 Å². The first-order valence-corrected chi connectivity index (χ1v) is 12.7. The lowest BCUT2D eigenvalue weighted by Crippen LogP contribution is -2.50. The Kier molecular flexibility index (Phi) is 8.26. The van der Waals surface area contributed by atoms with Crippen LogP contribution in [0.25, 0.3) is 11.5 Å². The number of rotatable bonds is 10. The van der Waals surface area contributed by atoms with Gasteiger partial charge in [-0.05, 0) is 18.9 Å². The summed E-state index contributed by atoms with van der Waals surface area (Å²) in [4.78, 5) is 31.7. The third-order valence-electron chi connectivity index (χ3n) is 6.23. The van der Waals surface area contributed by atoms with Crippen molar-refractivity contribution in [2.45, 2.75) is 24.6 Å². The van der Waals surface area contributed by atoms with E-state index in [0.29, 0.717) is 25.6 Å². The van der Waals surface area contributed by atoms with E-state index in [2.05, 4.69) is 41.2 Å². The average Bonchev–Trinajstić information content (AvgIpc) is 3.67. The lowest BCUT2D eigenvalue weighted by Gasteiger charge is -2.24. The number of amides is 2. The maximum atomic E-state index is 14.9. The van der Waals surface area contributed by atoms with Crippen LogP contribution in [-0.2, 0) is 16.1 Å². The number of carbonyl (C=O) groups is 2. The second-order valence-electron chi connectivity index (χ2n) is 9.71. The predicted molar refractivity (Wildman–Crippen MR) is 146 cm³/mol. The summed E-state index contributed by atoms with van der Waals surface area (Å²) in [5, 5.41) is 17.5. The van der Waals surface area contributed by atoms with E-state index in [0.717, 1.165) is 32.0 Å². The first kappa shape index (κ1) is 28.5. The first-order valence-electron chi connectivity index (χ1n) is 12.7. The summed E-state index contributed by atoms with van der Waals surface area (Å²) in [5.74, 6) is -1.28. The van der Waals surface area contributed by atoms with Crippen molar-refractivity contribution >= 4 is 52.5 Å². The van der Waals surface area contributed by atoms with E-state index in [1.165, 1.54) is 19.2 Å². The Morgan fingerprint density at radius 1 is 1.15 bits per heavy atom. The van der Waals surface area contributed by atoms with Crippen LogP contribution in [0.2, 0.25) is 0 Å². The third-order valence-corrected chi connectivity index (χ3v) is 6.23. The standard InChI is InChI=1S/C24H24B3FN8O5/c1-39-20-14(23-31-18(35-41-23)11-36-4-6-40-7-5-36)8-13(28)9-16(20)29-15-10-17(30-21(37)12-2-3-12)33-34-19(15)22(38)32-24(25,26)27/h8-10,12H,2-7,11H2,1H3,(H,32,38)(H2,29,30,33,37). The molecule has 1 aromatic carbocycles. The molecule has 1 aliphatic carbocycles. The van der Waals surface area contributed by atoms with E-state index in [1.807, 2.05) is 0 Å². The molecule has 1 saturated carbocycles. The molecule has 3 N–H and O–H groups in total. The van der Waals surface area contributed by atoms with Gasteiger partial charge in [-0.2, -0.15) is 4.98 Å². The lowest BCUT2D eigenvalue weighted by atomic mass is 9.49. The van der Waals surface area contributed by atoms with Crippen LogP contribution in [0.5, 0.6) is 5.75 Å². The van der Waals surface area contributed by atoms with Crippen LogP contribution in [0.4, 0.5) is 21.6 Å². The van der Waals surface area contributed by atoms with E-state index in [1.54, 1.807) is 0 Å². The van der Waals surface area contributed by atoms with E-state index in [4.69, 9.17) is 37.5 Å². The number of methoxy groups -OCH3 is 1. The number of morpholine rings is 1. The maximum Gasteiger partial charge on any atom is 0.272 e. The molecular weight excluding hydrogens is 532 g/mol. The first-order chi connectivity index (χ1) is 19.6. The molecule has 2 amide bonds. The topological polar surface area (TPSA) is 157 Å². The Hall–Kier alpha value is -3.98. The molecule has 3 heterocycles. The number of aromatic nitrogens is 4. The Morgan fingerprint density at radius 2 is 1.90 bits per heavy atom. The van der Waals surface area contributed by atoms with Crippen molar-refractivity contribution in [3.63, 3.8) is 0 Å².